The third-order valence-electron chi connectivity index (χ3n) is 4.54. The number of carbonyl (C=O) groups is 1. The second kappa shape index (κ2) is 8.24. The molecule has 4 rings (SSSR count). The fourth-order valence-electron chi connectivity index (χ4n) is 3.11. The molecule has 1 amide bonds. The number of rotatable bonds is 4. The van der Waals surface area contributed by atoms with Gasteiger partial charge < -0.3 is 14.5 Å². The van der Waals surface area contributed by atoms with Crippen molar-refractivity contribution in [3.63, 3.8) is 0 Å². The Hall–Kier alpha value is -2.51. The Balaban J connectivity index is 1.77. The summed E-state index contributed by atoms with van der Waals surface area (Å²) >= 11 is 3.42. The van der Waals surface area contributed by atoms with Crippen LogP contribution in [0.5, 0.6) is 0 Å². The number of hydrogen-bond acceptors (Lipinski definition) is 4. The Morgan fingerprint density at radius 1 is 1.25 bits per heavy atom. The minimum atomic E-state index is -0.487. The van der Waals surface area contributed by atoms with Crippen LogP contribution in [0.3, 0.4) is 0 Å². The Bertz CT molecular complexity index is 1090. The van der Waals surface area contributed by atoms with E-state index in [0.29, 0.717) is 18.7 Å². The van der Waals surface area contributed by atoms with Crippen molar-refractivity contribution < 1.29 is 18.3 Å². The number of nitrogens with zero attached hydrogens (tertiary/aromatic N) is 1. The Labute approximate surface area is 169 Å². The first-order chi connectivity index (χ1) is 13.6. The number of nitrogens with one attached hydrogen (secondary N) is 1. The van der Waals surface area contributed by atoms with Gasteiger partial charge in [-0.15, -0.1) is 0 Å². The summed E-state index contributed by atoms with van der Waals surface area (Å²) in [5, 5.41) is 3.61. The molecule has 3 aromatic rings. The summed E-state index contributed by atoms with van der Waals surface area (Å²) < 4.78 is 26.3. The van der Waals surface area contributed by atoms with Crippen molar-refractivity contribution in [3.8, 4) is 0 Å². The summed E-state index contributed by atoms with van der Waals surface area (Å²) in [6.45, 7) is 1.13. The lowest BCUT2D eigenvalue weighted by Gasteiger charge is -2.11. The third-order valence-corrected chi connectivity index (χ3v) is 5.04. The molecule has 144 valence electrons. The van der Waals surface area contributed by atoms with E-state index >= 15 is 0 Å². The molecule has 0 saturated carbocycles. The van der Waals surface area contributed by atoms with Gasteiger partial charge >= 0.3 is 0 Å². The van der Waals surface area contributed by atoms with Gasteiger partial charge in [0.05, 0.1) is 6.10 Å². The molecule has 0 aliphatic carbocycles. The number of amides is 1. The minimum Gasteiger partial charge on any atom is -0.438 e. The smallest absolute Gasteiger partial charge is 0.256 e. The Kier molecular flexibility index (Phi) is 5.54. The molecule has 1 saturated heterocycles. The Morgan fingerprint density at radius 2 is 2.11 bits per heavy atom. The van der Waals surface area contributed by atoms with E-state index in [4.69, 9.17) is 9.15 Å². The van der Waals surface area contributed by atoms with Crippen molar-refractivity contribution in [3.05, 3.63) is 69.9 Å². The van der Waals surface area contributed by atoms with Gasteiger partial charge in [-0.2, -0.15) is 0 Å². The average molecular weight is 445 g/mol. The van der Waals surface area contributed by atoms with Crippen LogP contribution in [0.2, 0.25) is 0 Å². The van der Waals surface area contributed by atoms with Crippen molar-refractivity contribution in [2.75, 3.05) is 13.2 Å². The summed E-state index contributed by atoms with van der Waals surface area (Å²) in [5.74, 6) is -0.824. The third kappa shape index (κ3) is 4.15. The second-order valence-electron chi connectivity index (χ2n) is 6.56. The molecule has 0 radical (unpaired) electrons. The van der Waals surface area contributed by atoms with E-state index in [1.807, 2.05) is 12.1 Å². The van der Waals surface area contributed by atoms with Crippen LogP contribution in [0.1, 0.15) is 23.2 Å². The molecule has 1 aromatic heterocycles. The summed E-state index contributed by atoms with van der Waals surface area (Å²) in [6, 6.07) is 13.3. The lowest BCUT2D eigenvalue weighted by atomic mass is 10.1. The van der Waals surface area contributed by atoms with Crippen LogP contribution in [0.25, 0.3) is 11.0 Å². The van der Waals surface area contributed by atoms with Gasteiger partial charge in [0.2, 0.25) is 5.55 Å². The average Bonchev–Trinajstić information content (AvgIpc) is 3.21. The van der Waals surface area contributed by atoms with Gasteiger partial charge in [0.1, 0.15) is 22.7 Å². The molecule has 28 heavy (non-hydrogen) atoms. The zero-order chi connectivity index (χ0) is 19.5. The molecule has 0 spiro atoms. The van der Waals surface area contributed by atoms with Crippen LogP contribution in [-0.4, -0.2) is 25.2 Å². The molecular weight excluding hydrogens is 427 g/mol. The highest BCUT2D eigenvalue weighted by Crippen LogP contribution is 2.21. The van der Waals surface area contributed by atoms with E-state index in [0.717, 1.165) is 22.7 Å². The molecule has 2 heterocycles. The largest absolute Gasteiger partial charge is 0.438 e. The van der Waals surface area contributed by atoms with Crippen molar-refractivity contribution in [2.24, 2.45) is 4.99 Å². The number of halogens is 2. The molecule has 1 fully saturated rings. The van der Waals surface area contributed by atoms with E-state index < -0.39 is 5.82 Å². The maximum atomic E-state index is 14.1. The van der Waals surface area contributed by atoms with Crippen LogP contribution in [0, 0.1) is 5.82 Å². The van der Waals surface area contributed by atoms with Gasteiger partial charge in [0.25, 0.3) is 5.91 Å². The zero-order valence-corrected chi connectivity index (χ0v) is 16.5. The predicted molar refractivity (Wildman–Crippen MR) is 107 cm³/mol. The van der Waals surface area contributed by atoms with Crippen LogP contribution < -0.4 is 10.9 Å². The van der Waals surface area contributed by atoms with E-state index in [1.165, 1.54) is 12.1 Å². The topological polar surface area (TPSA) is 63.8 Å². The van der Waals surface area contributed by atoms with Gasteiger partial charge in [-0.1, -0.05) is 28.1 Å². The SMILES string of the molecule is O=C(NC[C@@H]1CCCO1)c1cc2cc(Br)ccc2oc1=Nc1ccccc1F. The lowest BCUT2D eigenvalue weighted by Crippen LogP contribution is -2.34. The van der Waals surface area contributed by atoms with E-state index in [9.17, 15) is 9.18 Å². The molecule has 7 heteroatoms. The number of carbonyl (C=O) groups excluding carboxylic acids is 1. The van der Waals surface area contributed by atoms with Crippen molar-refractivity contribution >= 4 is 38.5 Å². The molecule has 0 unspecified atom stereocenters. The quantitative estimate of drug-likeness (QED) is 0.645. The molecule has 5 nitrogen and oxygen atoms in total. The molecule has 1 atom stereocenters. The fourth-order valence-corrected chi connectivity index (χ4v) is 3.48. The number of benzene rings is 2. The van der Waals surface area contributed by atoms with Crippen molar-refractivity contribution in [1.29, 1.82) is 0 Å². The van der Waals surface area contributed by atoms with Crippen LogP contribution in [0.4, 0.5) is 10.1 Å². The normalized spacial score (nSPS) is 17.2. The first-order valence-corrected chi connectivity index (χ1v) is 9.82. The molecule has 1 N–H and O–H groups in total. The molecular formula is C21H18BrFN2O3. The molecule has 1 aliphatic rings. The van der Waals surface area contributed by atoms with E-state index in [2.05, 4.69) is 26.2 Å². The number of fused-ring (bicyclic) bond motifs is 1. The standard InChI is InChI=1S/C21H18BrFN2O3/c22-14-7-8-19-13(10-14)11-16(20(26)24-12-15-4-3-9-27-15)21(28-19)25-18-6-2-1-5-17(18)23/h1-2,5-8,10-11,15H,3-4,9,12H2,(H,24,26)/t15-/m0/s1. The summed E-state index contributed by atoms with van der Waals surface area (Å²) in [5.41, 5.74) is 0.960. The molecule has 1 aliphatic heterocycles. The predicted octanol–water partition coefficient (Wildman–Crippen LogP) is 4.48. The first-order valence-electron chi connectivity index (χ1n) is 9.02. The zero-order valence-electron chi connectivity index (χ0n) is 15.0. The van der Waals surface area contributed by atoms with Gasteiger partial charge in [-0.05, 0) is 49.2 Å². The Morgan fingerprint density at radius 3 is 2.89 bits per heavy atom. The monoisotopic (exact) mass is 444 g/mol. The van der Waals surface area contributed by atoms with Crippen LogP contribution in [-0.2, 0) is 4.74 Å². The fraction of sp³-hybridized carbons (Fsp3) is 0.238. The first kappa shape index (κ1) is 18.8. The highest BCUT2D eigenvalue weighted by atomic mass is 79.9. The lowest BCUT2D eigenvalue weighted by molar-refractivity contribution is 0.0854. The number of para-hydroxylation sites is 1. The van der Waals surface area contributed by atoms with E-state index in [-0.39, 0.29) is 28.8 Å². The van der Waals surface area contributed by atoms with Crippen molar-refractivity contribution in [2.45, 2.75) is 18.9 Å². The summed E-state index contributed by atoms with van der Waals surface area (Å²) in [6.07, 6.45) is 1.93. The van der Waals surface area contributed by atoms with Gasteiger partial charge in [-0.25, -0.2) is 9.38 Å². The highest BCUT2D eigenvalue weighted by molar-refractivity contribution is 9.10. The van der Waals surface area contributed by atoms with Crippen molar-refractivity contribution in [1.82, 2.24) is 5.32 Å². The number of hydrogen-bond donors (Lipinski definition) is 1. The van der Waals surface area contributed by atoms with E-state index in [1.54, 1.807) is 24.3 Å². The van der Waals surface area contributed by atoms with Crippen LogP contribution >= 0.6 is 15.9 Å². The summed E-state index contributed by atoms with van der Waals surface area (Å²) in [7, 11) is 0. The van der Waals surface area contributed by atoms with Crippen LogP contribution in [0.15, 0.2) is 62.4 Å². The van der Waals surface area contributed by atoms with Gasteiger partial charge in [0, 0.05) is 23.0 Å². The number of ether oxygens (including phenoxy) is 1. The second-order valence-corrected chi connectivity index (χ2v) is 7.47. The maximum absolute atomic E-state index is 14.1. The maximum Gasteiger partial charge on any atom is 0.256 e. The summed E-state index contributed by atoms with van der Waals surface area (Å²) in [4.78, 5) is 17.1. The minimum absolute atomic E-state index is 0.0162. The van der Waals surface area contributed by atoms with Gasteiger partial charge in [0.15, 0.2) is 0 Å². The van der Waals surface area contributed by atoms with Gasteiger partial charge in [-0.3, -0.25) is 4.79 Å². The molecule has 0 bridgehead atoms. The molecule has 2 aromatic carbocycles. The highest BCUT2D eigenvalue weighted by Gasteiger charge is 2.18.